The Morgan fingerprint density at radius 3 is 2.52 bits per heavy atom. The van der Waals surface area contributed by atoms with E-state index in [1.165, 1.54) is 31.2 Å². The van der Waals surface area contributed by atoms with Crippen molar-refractivity contribution in [3.8, 4) is 11.3 Å². The third-order valence-corrected chi connectivity index (χ3v) is 5.18. The predicted molar refractivity (Wildman–Crippen MR) is 91.0 cm³/mol. The van der Waals surface area contributed by atoms with Gasteiger partial charge in [0.25, 0.3) is 0 Å². The molecule has 0 spiro atoms. The Morgan fingerprint density at radius 1 is 1.26 bits per heavy atom. The van der Waals surface area contributed by atoms with Gasteiger partial charge in [0, 0.05) is 17.6 Å². The Hall–Kier alpha value is -1.81. The van der Waals surface area contributed by atoms with Crippen molar-refractivity contribution in [1.29, 1.82) is 0 Å². The van der Waals surface area contributed by atoms with E-state index in [9.17, 15) is 4.79 Å². The van der Waals surface area contributed by atoms with E-state index in [-0.39, 0.29) is 5.69 Å². The SMILES string of the molecule is CC1CCC(c2ccc(-c3cc(C(=O)O)nn3C)cc2Cl)CC1. The molecule has 0 atom stereocenters. The molecule has 0 amide bonds. The second-order valence-electron chi connectivity index (χ2n) is 6.54. The first-order chi connectivity index (χ1) is 11.0. The molecule has 0 unspecified atom stereocenters. The summed E-state index contributed by atoms with van der Waals surface area (Å²) in [6.07, 6.45) is 4.89. The van der Waals surface area contributed by atoms with Crippen LogP contribution in [0.15, 0.2) is 24.3 Å². The Bertz CT molecular complexity index is 731. The number of hydrogen-bond donors (Lipinski definition) is 1. The number of carboxylic acids is 1. The molecule has 1 aromatic heterocycles. The van der Waals surface area contributed by atoms with E-state index < -0.39 is 5.97 Å². The van der Waals surface area contributed by atoms with Crippen LogP contribution in [0.5, 0.6) is 0 Å². The molecule has 5 heteroatoms. The molecule has 0 aliphatic heterocycles. The molecule has 0 bridgehead atoms. The van der Waals surface area contributed by atoms with Gasteiger partial charge >= 0.3 is 5.97 Å². The van der Waals surface area contributed by atoms with Crippen LogP contribution in [0.1, 0.15) is 54.6 Å². The topological polar surface area (TPSA) is 55.1 Å². The van der Waals surface area contributed by atoms with Crippen LogP contribution in [0.3, 0.4) is 0 Å². The van der Waals surface area contributed by atoms with Crippen LogP contribution in [0.4, 0.5) is 0 Å². The average Bonchev–Trinajstić information content (AvgIpc) is 2.90. The molecule has 1 aliphatic carbocycles. The van der Waals surface area contributed by atoms with E-state index in [1.54, 1.807) is 17.8 Å². The lowest BCUT2D eigenvalue weighted by Gasteiger charge is -2.27. The molecule has 1 fully saturated rings. The van der Waals surface area contributed by atoms with E-state index in [4.69, 9.17) is 16.7 Å². The summed E-state index contributed by atoms with van der Waals surface area (Å²) >= 11 is 6.52. The fraction of sp³-hybridized carbons (Fsp3) is 0.444. The molecule has 1 aliphatic rings. The molecule has 1 N–H and O–H groups in total. The minimum atomic E-state index is -1.02. The summed E-state index contributed by atoms with van der Waals surface area (Å²) in [6.45, 7) is 2.31. The molecular formula is C18H21ClN2O2. The van der Waals surface area contributed by atoms with Crippen molar-refractivity contribution in [3.05, 3.63) is 40.5 Å². The second-order valence-corrected chi connectivity index (χ2v) is 6.94. The van der Waals surface area contributed by atoms with Gasteiger partial charge in [-0.1, -0.05) is 43.5 Å². The first-order valence-electron chi connectivity index (χ1n) is 8.03. The number of aryl methyl sites for hydroxylation is 1. The number of halogens is 1. The summed E-state index contributed by atoms with van der Waals surface area (Å²) in [7, 11) is 1.74. The fourth-order valence-corrected chi connectivity index (χ4v) is 3.77. The molecule has 23 heavy (non-hydrogen) atoms. The van der Waals surface area contributed by atoms with Crippen LogP contribution in [0.25, 0.3) is 11.3 Å². The van der Waals surface area contributed by atoms with Crippen molar-refractivity contribution >= 4 is 17.6 Å². The van der Waals surface area contributed by atoms with Crippen LogP contribution in [0.2, 0.25) is 5.02 Å². The molecule has 3 rings (SSSR count). The molecule has 122 valence electrons. The highest BCUT2D eigenvalue weighted by Crippen LogP contribution is 2.39. The second kappa shape index (κ2) is 6.36. The molecule has 4 nitrogen and oxygen atoms in total. The first-order valence-corrected chi connectivity index (χ1v) is 8.40. The zero-order chi connectivity index (χ0) is 16.6. The van der Waals surface area contributed by atoms with Crippen LogP contribution in [0, 0.1) is 5.92 Å². The standard InChI is InChI=1S/C18H21ClN2O2/c1-11-3-5-12(6-4-11)14-8-7-13(9-15(14)19)17-10-16(18(22)23)20-21(17)2/h7-12H,3-6H2,1-2H3,(H,22,23). The number of carbonyl (C=O) groups is 1. The van der Waals surface area contributed by atoms with Crippen LogP contribution < -0.4 is 0 Å². The monoisotopic (exact) mass is 332 g/mol. The summed E-state index contributed by atoms with van der Waals surface area (Å²) in [5.41, 5.74) is 2.91. The van der Waals surface area contributed by atoms with Gasteiger partial charge in [-0.2, -0.15) is 5.10 Å². The number of rotatable bonds is 3. The van der Waals surface area contributed by atoms with E-state index in [2.05, 4.69) is 18.1 Å². The first kappa shape index (κ1) is 16.1. The maximum Gasteiger partial charge on any atom is 0.356 e. The highest BCUT2D eigenvalue weighted by Gasteiger charge is 2.22. The molecule has 1 heterocycles. The Labute approximate surface area is 141 Å². The lowest BCUT2D eigenvalue weighted by molar-refractivity contribution is 0.0689. The van der Waals surface area contributed by atoms with Crippen molar-refractivity contribution in [2.45, 2.75) is 38.5 Å². The number of aromatic nitrogens is 2. The van der Waals surface area contributed by atoms with Gasteiger partial charge in [0.15, 0.2) is 5.69 Å². The number of nitrogens with zero attached hydrogens (tertiary/aromatic N) is 2. The molecule has 0 saturated heterocycles. The van der Waals surface area contributed by atoms with Crippen LogP contribution in [-0.2, 0) is 7.05 Å². The number of carboxylic acid groups (broad SMARTS) is 1. The Kier molecular flexibility index (Phi) is 4.44. The normalized spacial score (nSPS) is 21.3. The third kappa shape index (κ3) is 3.27. The van der Waals surface area contributed by atoms with Gasteiger partial charge < -0.3 is 5.11 Å². The number of hydrogen-bond acceptors (Lipinski definition) is 2. The smallest absolute Gasteiger partial charge is 0.356 e. The van der Waals surface area contributed by atoms with Crippen LogP contribution >= 0.6 is 11.6 Å². The summed E-state index contributed by atoms with van der Waals surface area (Å²) in [5.74, 6) is 0.327. The maximum atomic E-state index is 11.0. The quantitative estimate of drug-likeness (QED) is 0.883. The molecule has 1 saturated carbocycles. The van der Waals surface area contributed by atoms with Gasteiger partial charge in [0.05, 0.1) is 5.69 Å². The lowest BCUT2D eigenvalue weighted by atomic mass is 9.79. The van der Waals surface area contributed by atoms with Crippen molar-refractivity contribution in [2.75, 3.05) is 0 Å². The highest BCUT2D eigenvalue weighted by molar-refractivity contribution is 6.31. The minimum absolute atomic E-state index is 0.0453. The van der Waals surface area contributed by atoms with Crippen molar-refractivity contribution in [2.24, 2.45) is 13.0 Å². The Balaban J connectivity index is 1.89. The van der Waals surface area contributed by atoms with E-state index in [0.717, 1.165) is 22.2 Å². The van der Waals surface area contributed by atoms with Crippen molar-refractivity contribution in [3.63, 3.8) is 0 Å². The Morgan fingerprint density at radius 2 is 1.96 bits per heavy atom. The van der Waals surface area contributed by atoms with Gasteiger partial charge in [0.1, 0.15) is 0 Å². The minimum Gasteiger partial charge on any atom is -0.476 e. The van der Waals surface area contributed by atoms with Crippen molar-refractivity contribution < 1.29 is 9.90 Å². The summed E-state index contributed by atoms with van der Waals surface area (Å²) < 4.78 is 1.58. The summed E-state index contributed by atoms with van der Waals surface area (Å²) in [4.78, 5) is 11.0. The molecule has 2 aromatic rings. The maximum absolute atomic E-state index is 11.0. The average molecular weight is 333 g/mol. The zero-order valence-electron chi connectivity index (χ0n) is 13.4. The third-order valence-electron chi connectivity index (χ3n) is 4.85. The van der Waals surface area contributed by atoms with E-state index >= 15 is 0 Å². The highest BCUT2D eigenvalue weighted by atomic mass is 35.5. The van der Waals surface area contributed by atoms with Gasteiger partial charge in [-0.05, 0) is 42.4 Å². The van der Waals surface area contributed by atoms with Gasteiger partial charge in [-0.25, -0.2) is 4.79 Å². The van der Waals surface area contributed by atoms with Crippen molar-refractivity contribution in [1.82, 2.24) is 9.78 Å². The number of aromatic carboxylic acids is 1. The predicted octanol–water partition coefficient (Wildman–Crippen LogP) is 4.73. The van der Waals surface area contributed by atoms with E-state index in [1.807, 2.05) is 12.1 Å². The molecule has 1 aromatic carbocycles. The van der Waals surface area contributed by atoms with Gasteiger partial charge in [-0.3, -0.25) is 4.68 Å². The number of benzene rings is 1. The molecular weight excluding hydrogens is 312 g/mol. The zero-order valence-corrected chi connectivity index (χ0v) is 14.2. The van der Waals surface area contributed by atoms with E-state index in [0.29, 0.717) is 5.92 Å². The fourth-order valence-electron chi connectivity index (χ4n) is 3.43. The van der Waals surface area contributed by atoms with Gasteiger partial charge in [0.2, 0.25) is 0 Å². The van der Waals surface area contributed by atoms with Gasteiger partial charge in [-0.15, -0.1) is 0 Å². The largest absolute Gasteiger partial charge is 0.476 e. The summed E-state index contributed by atoms with van der Waals surface area (Å²) in [5, 5.41) is 13.8. The summed E-state index contributed by atoms with van der Waals surface area (Å²) in [6, 6.07) is 7.61. The van der Waals surface area contributed by atoms with Crippen LogP contribution in [-0.4, -0.2) is 20.9 Å². The molecule has 0 radical (unpaired) electrons. The lowest BCUT2D eigenvalue weighted by Crippen LogP contribution is -2.11.